The summed E-state index contributed by atoms with van der Waals surface area (Å²) in [7, 11) is 0. The Morgan fingerprint density at radius 1 is 1.55 bits per heavy atom. The summed E-state index contributed by atoms with van der Waals surface area (Å²) in [6, 6.07) is 4.92. The summed E-state index contributed by atoms with van der Waals surface area (Å²) in [4.78, 5) is 11.8. The van der Waals surface area contributed by atoms with Crippen LogP contribution < -0.4 is 10.2 Å². The maximum absolute atomic E-state index is 11.8. The smallest absolute Gasteiger partial charge is 0.291 e. The third-order valence-corrected chi connectivity index (χ3v) is 3.14. The van der Waals surface area contributed by atoms with Gasteiger partial charge in [0.05, 0.1) is 12.8 Å². The first-order valence-electron chi connectivity index (χ1n) is 6.52. The molecule has 0 aliphatic rings. The normalized spacial score (nSPS) is 10.9. The van der Waals surface area contributed by atoms with Gasteiger partial charge in [-0.25, -0.2) is 5.43 Å². The number of aromatic amines is 1. The molecule has 0 spiro atoms. The van der Waals surface area contributed by atoms with E-state index < -0.39 is 5.91 Å². The second-order valence-electron chi connectivity index (χ2n) is 4.41. The van der Waals surface area contributed by atoms with Crippen molar-refractivity contribution in [1.82, 2.24) is 15.6 Å². The second kappa shape index (κ2) is 7.08. The Bertz CT molecular complexity index is 712. The largest absolute Gasteiger partial charge is 0.504 e. The van der Waals surface area contributed by atoms with Crippen LogP contribution in [-0.2, 0) is 0 Å². The number of amides is 1. The highest BCUT2D eigenvalue weighted by atomic mass is 79.9. The number of carbonyl (C=O) groups excluding carboxylic acids is 1. The lowest BCUT2D eigenvalue weighted by molar-refractivity contribution is 0.0950. The van der Waals surface area contributed by atoms with E-state index >= 15 is 0 Å². The van der Waals surface area contributed by atoms with E-state index in [1.54, 1.807) is 25.1 Å². The number of rotatable bonds is 5. The van der Waals surface area contributed by atoms with Crippen LogP contribution in [0.25, 0.3) is 0 Å². The minimum absolute atomic E-state index is 0.0429. The zero-order valence-electron chi connectivity index (χ0n) is 12.1. The molecule has 1 aromatic heterocycles. The van der Waals surface area contributed by atoms with Crippen molar-refractivity contribution in [3.63, 3.8) is 0 Å². The first kappa shape index (κ1) is 16.0. The molecule has 0 atom stereocenters. The third-order valence-electron chi connectivity index (χ3n) is 2.68. The number of hydrazone groups is 1. The van der Waals surface area contributed by atoms with Crippen molar-refractivity contribution in [2.75, 3.05) is 6.61 Å². The van der Waals surface area contributed by atoms with Crippen LogP contribution >= 0.6 is 15.9 Å². The molecule has 0 fully saturated rings. The molecule has 1 amide bonds. The van der Waals surface area contributed by atoms with Gasteiger partial charge in [0, 0.05) is 15.7 Å². The SMILES string of the molecule is CCOc1cc(Br)cc(/C=N/NC(=O)c2cc(C)[nH]n2)c1O. The number of H-pyrrole nitrogens is 1. The maximum atomic E-state index is 11.8. The van der Waals surface area contributed by atoms with Gasteiger partial charge in [-0.15, -0.1) is 0 Å². The summed E-state index contributed by atoms with van der Waals surface area (Å²) in [5.41, 5.74) is 3.77. The first-order valence-corrected chi connectivity index (χ1v) is 7.31. The van der Waals surface area contributed by atoms with Crippen LogP contribution in [0, 0.1) is 6.92 Å². The third kappa shape index (κ3) is 3.85. The van der Waals surface area contributed by atoms with Crippen LogP contribution in [0.3, 0.4) is 0 Å². The molecule has 0 bridgehead atoms. The highest BCUT2D eigenvalue weighted by molar-refractivity contribution is 9.10. The standard InChI is InChI=1S/C14H15BrN4O3/c1-3-22-12-6-10(15)5-9(13(12)20)7-16-19-14(21)11-4-8(2)17-18-11/h4-7,20H,3H2,1-2H3,(H,17,18)(H,19,21)/b16-7+. The molecule has 1 heterocycles. The van der Waals surface area contributed by atoms with Crippen LogP contribution in [0.1, 0.15) is 28.7 Å². The van der Waals surface area contributed by atoms with E-state index in [1.165, 1.54) is 6.21 Å². The number of aryl methyl sites for hydroxylation is 1. The quantitative estimate of drug-likeness (QED) is 0.558. The number of nitrogens with one attached hydrogen (secondary N) is 2. The topological polar surface area (TPSA) is 99.6 Å². The van der Waals surface area contributed by atoms with Crippen molar-refractivity contribution in [1.29, 1.82) is 0 Å². The number of halogens is 1. The number of hydrogen-bond donors (Lipinski definition) is 3. The van der Waals surface area contributed by atoms with Gasteiger partial charge in [-0.1, -0.05) is 15.9 Å². The van der Waals surface area contributed by atoms with Crippen LogP contribution in [-0.4, -0.2) is 34.0 Å². The molecule has 2 aromatic rings. The molecule has 7 nitrogen and oxygen atoms in total. The number of aromatic hydroxyl groups is 1. The number of ether oxygens (including phenoxy) is 1. The van der Waals surface area contributed by atoms with Crippen molar-refractivity contribution in [3.8, 4) is 11.5 Å². The molecule has 0 aliphatic heterocycles. The van der Waals surface area contributed by atoms with Gasteiger partial charge in [-0.3, -0.25) is 9.89 Å². The highest BCUT2D eigenvalue weighted by Gasteiger charge is 2.10. The molecule has 116 valence electrons. The Balaban J connectivity index is 2.11. The second-order valence-corrected chi connectivity index (χ2v) is 5.33. The van der Waals surface area contributed by atoms with Gasteiger partial charge in [0.15, 0.2) is 17.2 Å². The van der Waals surface area contributed by atoms with Gasteiger partial charge < -0.3 is 9.84 Å². The van der Waals surface area contributed by atoms with Crippen LogP contribution in [0.15, 0.2) is 27.8 Å². The molecule has 0 saturated heterocycles. The summed E-state index contributed by atoms with van der Waals surface area (Å²) in [5.74, 6) is -0.147. The average Bonchev–Trinajstić information content (AvgIpc) is 2.90. The van der Waals surface area contributed by atoms with E-state index in [0.717, 1.165) is 10.2 Å². The zero-order chi connectivity index (χ0) is 16.1. The number of phenols is 1. The Morgan fingerprint density at radius 2 is 2.32 bits per heavy atom. The predicted molar refractivity (Wildman–Crippen MR) is 85.4 cm³/mol. The first-order chi connectivity index (χ1) is 10.5. The molecular weight excluding hydrogens is 352 g/mol. The van der Waals surface area contributed by atoms with E-state index in [0.29, 0.717) is 17.9 Å². The van der Waals surface area contributed by atoms with E-state index in [9.17, 15) is 9.90 Å². The molecule has 1 aromatic carbocycles. The molecule has 22 heavy (non-hydrogen) atoms. The van der Waals surface area contributed by atoms with E-state index in [-0.39, 0.29) is 11.4 Å². The lowest BCUT2D eigenvalue weighted by Gasteiger charge is -2.08. The fourth-order valence-electron chi connectivity index (χ4n) is 1.71. The molecule has 3 N–H and O–H groups in total. The number of nitrogens with zero attached hydrogens (tertiary/aromatic N) is 2. The number of aromatic nitrogens is 2. The highest BCUT2D eigenvalue weighted by Crippen LogP contribution is 2.32. The summed E-state index contributed by atoms with van der Waals surface area (Å²) < 4.78 is 6.04. The van der Waals surface area contributed by atoms with Crippen molar-refractivity contribution < 1.29 is 14.6 Å². The fraction of sp³-hybridized carbons (Fsp3) is 0.214. The summed E-state index contributed by atoms with van der Waals surface area (Å²) in [6.45, 7) is 4.04. The van der Waals surface area contributed by atoms with Gasteiger partial charge >= 0.3 is 0 Å². The molecule has 0 radical (unpaired) electrons. The summed E-state index contributed by atoms with van der Waals surface area (Å²) >= 11 is 3.32. The van der Waals surface area contributed by atoms with E-state index in [1.807, 2.05) is 6.92 Å². The van der Waals surface area contributed by atoms with E-state index in [4.69, 9.17) is 4.74 Å². The van der Waals surface area contributed by atoms with Crippen LogP contribution in [0.4, 0.5) is 0 Å². The van der Waals surface area contributed by atoms with Gasteiger partial charge in [0.2, 0.25) is 0 Å². The Labute approximate surface area is 135 Å². The van der Waals surface area contributed by atoms with Crippen LogP contribution in [0.5, 0.6) is 11.5 Å². The molecule has 0 saturated carbocycles. The average molecular weight is 367 g/mol. The van der Waals surface area contributed by atoms with Gasteiger partial charge in [0.25, 0.3) is 5.91 Å². The Kier molecular flexibility index (Phi) is 5.16. The minimum Gasteiger partial charge on any atom is -0.504 e. The Hall–Kier alpha value is -2.35. The zero-order valence-corrected chi connectivity index (χ0v) is 13.6. The van der Waals surface area contributed by atoms with Crippen molar-refractivity contribution in [3.05, 3.63) is 39.6 Å². The Morgan fingerprint density at radius 3 is 2.95 bits per heavy atom. The van der Waals surface area contributed by atoms with Gasteiger partial charge in [0.1, 0.15) is 0 Å². The molecule has 0 aliphatic carbocycles. The molecule has 2 rings (SSSR count). The minimum atomic E-state index is -0.444. The number of phenolic OH excluding ortho intramolecular Hbond substituents is 1. The number of hydrogen-bond acceptors (Lipinski definition) is 5. The van der Waals surface area contributed by atoms with Gasteiger partial charge in [-0.05, 0) is 32.0 Å². The molecule has 8 heteroatoms. The predicted octanol–water partition coefficient (Wildman–Crippen LogP) is 2.35. The summed E-state index contributed by atoms with van der Waals surface area (Å²) in [5, 5.41) is 20.4. The lowest BCUT2D eigenvalue weighted by atomic mass is 10.2. The van der Waals surface area contributed by atoms with E-state index in [2.05, 4.69) is 36.7 Å². The van der Waals surface area contributed by atoms with Crippen molar-refractivity contribution >= 4 is 28.1 Å². The number of carbonyl (C=O) groups is 1. The van der Waals surface area contributed by atoms with Crippen molar-refractivity contribution in [2.45, 2.75) is 13.8 Å². The lowest BCUT2D eigenvalue weighted by Crippen LogP contribution is -2.18. The van der Waals surface area contributed by atoms with Crippen LogP contribution in [0.2, 0.25) is 0 Å². The van der Waals surface area contributed by atoms with Crippen molar-refractivity contribution in [2.24, 2.45) is 5.10 Å². The fourth-order valence-corrected chi connectivity index (χ4v) is 2.16. The van der Waals surface area contributed by atoms with Gasteiger partial charge in [-0.2, -0.15) is 10.2 Å². The summed E-state index contributed by atoms with van der Waals surface area (Å²) in [6.07, 6.45) is 1.33. The molecule has 0 unspecified atom stereocenters. The number of benzene rings is 1. The monoisotopic (exact) mass is 366 g/mol. The molecular formula is C14H15BrN4O3. The maximum Gasteiger partial charge on any atom is 0.291 e.